The van der Waals surface area contributed by atoms with E-state index >= 15 is 0 Å². The monoisotopic (exact) mass is 319 g/mol. The van der Waals surface area contributed by atoms with E-state index in [4.69, 9.17) is 4.74 Å². The minimum absolute atomic E-state index is 0.00425. The van der Waals surface area contributed by atoms with E-state index in [-0.39, 0.29) is 6.03 Å². The number of hydrogen-bond donors (Lipinski definition) is 1. The topological polar surface area (TPSA) is 44.8 Å². The number of likely N-dealkylation sites (tertiary alicyclic amines) is 1. The highest BCUT2D eigenvalue weighted by Crippen LogP contribution is 2.22. The van der Waals surface area contributed by atoms with Crippen LogP contribution in [0.4, 0.5) is 4.79 Å². The van der Waals surface area contributed by atoms with Gasteiger partial charge in [0.2, 0.25) is 0 Å². The van der Waals surface area contributed by atoms with Gasteiger partial charge < -0.3 is 15.0 Å². The number of rotatable bonds is 6. The lowest BCUT2D eigenvalue weighted by Gasteiger charge is -2.41. The zero-order valence-corrected chi connectivity index (χ0v) is 14.5. The summed E-state index contributed by atoms with van der Waals surface area (Å²) in [7, 11) is 3.54. The highest BCUT2D eigenvalue weighted by atomic mass is 16.5. The van der Waals surface area contributed by atoms with Gasteiger partial charge in [-0.2, -0.15) is 0 Å². The molecule has 0 aromatic heterocycles. The third-order valence-corrected chi connectivity index (χ3v) is 4.59. The molecule has 1 saturated heterocycles. The van der Waals surface area contributed by atoms with E-state index < -0.39 is 0 Å². The first-order chi connectivity index (χ1) is 11.1. The van der Waals surface area contributed by atoms with Crippen LogP contribution < -0.4 is 5.32 Å². The predicted octanol–water partition coefficient (Wildman–Crippen LogP) is 2.18. The Labute approximate surface area is 139 Å². The van der Waals surface area contributed by atoms with Crippen molar-refractivity contribution in [1.82, 2.24) is 15.1 Å². The normalized spacial score (nSPS) is 21.9. The van der Waals surface area contributed by atoms with Gasteiger partial charge in [-0.05, 0) is 17.9 Å². The van der Waals surface area contributed by atoms with Crippen LogP contribution in [0, 0.1) is 5.92 Å². The van der Waals surface area contributed by atoms with Crippen molar-refractivity contribution in [2.24, 2.45) is 5.92 Å². The summed E-state index contributed by atoms with van der Waals surface area (Å²) in [5.41, 5.74) is 1.35. The van der Waals surface area contributed by atoms with Crippen molar-refractivity contribution in [3.8, 4) is 0 Å². The van der Waals surface area contributed by atoms with Crippen LogP contribution in [0.2, 0.25) is 0 Å². The second-order valence-electron chi connectivity index (χ2n) is 6.39. The van der Waals surface area contributed by atoms with E-state index in [9.17, 15) is 4.79 Å². The summed E-state index contributed by atoms with van der Waals surface area (Å²) < 4.78 is 4.97. The van der Waals surface area contributed by atoms with Crippen molar-refractivity contribution >= 4 is 6.03 Å². The van der Waals surface area contributed by atoms with Gasteiger partial charge in [-0.25, -0.2) is 4.79 Å². The van der Waals surface area contributed by atoms with Gasteiger partial charge in [-0.1, -0.05) is 37.3 Å². The third kappa shape index (κ3) is 5.22. The number of benzene rings is 1. The van der Waals surface area contributed by atoms with Crippen molar-refractivity contribution in [3.05, 3.63) is 35.9 Å². The van der Waals surface area contributed by atoms with Crippen LogP contribution in [-0.4, -0.2) is 62.3 Å². The van der Waals surface area contributed by atoms with Gasteiger partial charge >= 0.3 is 6.03 Å². The molecule has 128 valence electrons. The Hall–Kier alpha value is -1.59. The number of nitrogens with zero attached hydrogens (tertiary/aromatic N) is 2. The maximum atomic E-state index is 12.2. The first-order valence-electron chi connectivity index (χ1n) is 8.37. The fourth-order valence-electron chi connectivity index (χ4n) is 3.32. The Morgan fingerprint density at radius 2 is 2.13 bits per heavy atom. The lowest BCUT2D eigenvalue weighted by Crippen LogP contribution is -2.53. The van der Waals surface area contributed by atoms with E-state index in [0.29, 0.717) is 25.1 Å². The van der Waals surface area contributed by atoms with Crippen LogP contribution in [-0.2, 0) is 11.3 Å². The molecule has 0 unspecified atom stereocenters. The molecule has 1 aromatic rings. The fourth-order valence-corrected chi connectivity index (χ4v) is 3.32. The molecule has 1 aliphatic heterocycles. The summed E-state index contributed by atoms with van der Waals surface area (Å²) in [6.45, 7) is 6.38. The number of carbonyl (C=O) groups excluding carboxylic acids is 1. The molecule has 0 aliphatic carbocycles. The highest BCUT2D eigenvalue weighted by Gasteiger charge is 2.30. The molecule has 0 radical (unpaired) electrons. The largest absolute Gasteiger partial charge is 0.383 e. The Kier molecular flexibility index (Phi) is 6.86. The van der Waals surface area contributed by atoms with Crippen molar-refractivity contribution in [2.75, 3.05) is 40.4 Å². The van der Waals surface area contributed by atoms with Gasteiger partial charge in [-0.15, -0.1) is 0 Å². The van der Waals surface area contributed by atoms with Gasteiger partial charge in [0.25, 0.3) is 0 Å². The van der Waals surface area contributed by atoms with E-state index in [2.05, 4.69) is 47.5 Å². The van der Waals surface area contributed by atoms with Crippen LogP contribution >= 0.6 is 0 Å². The number of amides is 2. The molecule has 2 atom stereocenters. The Bertz CT molecular complexity index is 480. The molecule has 2 amide bonds. The van der Waals surface area contributed by atoms with E-state index in [1.165, 1.54) is 5.56 Å². The molecular weight excluding hydrogens is 290 g/mol. The smallest absolute Gasteiger partial charge is 0.317 e. The van der Waals surface area contributed by atoms with E-state index in [1.807, 2.05) is 11.9 Å². The Balaban J connectivity index is 1.82. The van der Waals surface area contributed by atoms with Crippen molar-refractivity contribution in [3.63, 3.8) is 0 Å². The van der Waals surface area contributed by atoms with Crippen molar-refractivity contribution in [1.29, 1.82) is 0 Å². The second kappa shape index (κ2) is 8.89. The summed E-state index contributed by atoms with van der Waals surface area (Å²) in [5, 5.41) is 2.90. The summed E-state index contributed by atoms with van der Waals surface area (Å²) >= 11 is 0. The second-order valence-corrected chi connectivity index (χ2v) is 6.39. The van der Waals surface area contributed by atoms with Gasteiger partial charge in [0.05, 0.1) is 6.61 Å². The number of ether oxygens (including phenoxy) is 1. The zero-order valence-electron chi connectivity index (χ0n) is 14.5. The Morgan fingerprint density at radius 1 is 1.39 bits per heavy atom. The number of piperidine rings is 1. The lowest BCUT2D eigenvalue weighted by atomic mass is 9.92. The summed E-state index contributed by atoms with van der Waals surface area (Å²) in [6, 6.07) is 10.9. The molecule has 0 saturated carbocycles. The molecule has 1 aromatic carbocycles. The van der Waals surface area contributed by atoms with Crippen LogP contribution in [0.15, 0.2) is 30.3 Å². The molecule has 0 spiro atoms. The first-order valence-corrected chi connectivity index (χ1v) is 8.37. The van der Waals surface area contributed by atoms with E-state index in [1.54, 1.807) is 7.11 Å². The van der Waals surface area contributed by atoms with Crippen molar-refractivity contribution < 1.29 is 9.53 Å². The van der Waals surface area contributed by atoms with Crippen LogP contribution in [0.5, 0.6) is 0 Å². The van der Waals surface area contributed by atoms with Crippen LogP contribution in [0.3, 0.4) is 0 Å². The molecule has 1 N–H and O–H groups in total. The van der Waals surface area contributed by atoms with Gasteiger partial charge in [-0.3, -0.25) is 4.90 Å². The van der Waals surface area contributed by atoms with Gasteiger partial charge in [0, 0.05) is 46.4 Å². The molecular formula is C18H29N3O2. The summed E-state index contributed by atoms with van der Waals surface area (Å²) in [6.07, 6.45) is 1.02. The maximum Gasteiger partial charge on any atom is 0.317 e. The first kappa shape index (κ1) is 17.8. The summed E-state index contributed by atoms with van der Waals surface area (Å²) in [4.78, 5) is 16.5. The van der Waals surface area contributed by atoms with Gasteiger partial charge in [0.15, 0.2) is 0 Å². The van der Waals surface area contributed by atoms with Crippen LogP contribution in [0.1, 0.15) is 18.9 Å². The van der Waals surface area contributed by atoms with E-state index in [0.717, 1.165) is 26.1 Å². The standard InChI is InChI=1S/C18H29N3O2/c1-15-13-21(14-16-7-5-4-6-8-16)11-9-17(15)20(2)18(22)19-10-12-23-3/h4-8,15,17H,9-14H2,1-3H3,(H,19,22)/t15-,17-/m0/s1. The summed E-state index contributed by atoms with van der Waals surface area (Å²) in [5.74, 6) is 0.464. The average Bonchev–Trinajstić information content (AvgIpc) is 2.55. The quantitative estimate of drug-likeness (QED) is 0.818. The number of hydrogen-bond acceptors (Lipinski definition) is 3. The highest BCUT2D eigenvalue weighted by molar-refractivity contribution is 5.74. The minimum Gasteiger partial charge on any atom is -0.383 e. The lowest BCUT2D eigenvalue weighted by molar-refractivity contribution is 0.0883. The molecule has 1 heterocycles. The Morgan fingerprint density at radius 3 is 2.78 bits per heavy atom. The molecule has 2 rings (SSSR count). The molecule has 1 fully saturated rings. The third-order valence-electron chi connectivity index (χ3n) is 4.59. The minimum atomic E-state index is -0.00425. The maximum absolute atomic E-state index is 12.2. The van der Waals surface area contributed by atoms with Gasteiger partial charge in [0.1, 0.15) is 0 Å². The number of nitrogens with one attached hydrogen (secondary N) is 1. The number of methoxy groups -OCH3 is 1. The van der Waals surface area contributed by atoms with Crippen LogP contribution in [0.25, 0.3) is 0 Å². The SMILES string of the molecule is COCCNC(=O)N(C)[C@H]1CCN(Cc2ccccc2)C[C@@H]1C. The average molecular weight is 319 g/mol. The fraction of sp³-hybridized carbons (Fsp3) is 0.611. The molecule has 5 heteroatoms. The molecule has 0 bridgehead atoms. The molecule has 1 aliphatic rings. The number of carbonyl (C=O) groups is 1. The van der Waals surface area contributed by atoms with Crippen molar-refractivity contribution in [2.45, 2.75) is 25.9 Å². The number of urea groups is 1. The molecule has 5 nitrogen and oxygen atoms in total. The molecule has 23 heavy (non-hydrogen) atoms. The zero-order chi connectivity index (χ0) is 16.7. The predicted molar refractivity (Wildman–Crippen MR) is 92.3 cm³/mol.